The fraction of sp³-hybridized carbons (Fsp3) is 0.565. The van der Waals surface area contributed by atoms with E-state index in [0.717, 1.165) is 11.3 Å². The summed E-state index contributed by atoms with van der Waals surface area (Å²) >= 11 is 0. The Labute approximate surface area is 204 Å². The summed E-state index contributed by atoms with van der Waals surface area (Å²) in [6.45, 7) is 0.513. The largest absolute Gasteiger partial charge is 0.408 e. The molecule has 36 heavy (non-hydrogen) atoms. The van der Waals surface area contributed by atoms with Crippen LogP contribution in [0, 0.1) is 0 Å². The average molecular weight is 509 g/mol. The van der Waals surface area contributed by atoms with Crippen molar-refractivity contribution in [1.29, 1.82) is 0 Å². The highest BCUT2D eigenvalue weighted by molar-refractivity contribution is 5.99. The molecule has 0 radical (unpaired) electrons. The molecule has 3 atom stereocenters. The van der Waals surface area contributed by atoms with Crippen molar-refractivity contribution in [1.82, 2.24) is 14.5 Å². The monoisotopic (exact) mass is 508 g/mol. The topological polar surface area (TPSA) is 104 Å². The fourth-order valence-electron chi connectivity index (χ4n) is 5.09. The molecule has 5 rings (SSSR count). The van der Waals surface area contributed by atoms with E-state index >= 15 is 0 Å². The number of aliphatic hydroxyl groups excluding tert-OH is 1. The maximum absolute atomic E-state index is 14.0. The van der Waals surface area contributed by atoms with Crippen molar-refractivity contribution >= 4 is 23.4 Å². The summed E-state index contributed by atoms with van der Waals surface area (Å²) in [5.74, 6) is 0.0873. The zero-order valence-corrected chi connectivity index (χ0v) is 19.7. The second kappa shape index (κ2) is 9.36. The summed E-state index contributed by atoms with van der Waals surface area (Å²) in [6, 6.07) is 2.48. The molecular weight excluding hydrogens is 481 g/mol. The number of carbonyl (C=O) groups excluding carboxylic acids is 1. The Balaban J connectivity index is 1.46. The van der Waals surface area contributed by atoms with Crippen LogP contribution in [0.5, 0.6) is 0 Å². The zero-order valence-electron chi connectivity index (χ0n) is 19.7. The molecule has 13 heteroatoms. The number of likely N-dealkylation sites (N-methyl/N-ethyl adjacent to an activating group) is 1. The van der Waals surface area contributed by atoms with Crippen LogP contribution in [-0.2, 0) is 11.3 Å². The molecule has 10 nitrogen and oxygen atoms in total. The number of halogens is 3. The predicted molar refractivity (Wildman–Crippen MR) is 125 cm³/mol. The molecule has 194 valence electrons. The van der Waals surface area contributed by atoms with E-state index in [1.165, 1.54) is 22.9 Å². The van der Waals surface area contributed by atoms with Crippen LogP contribution in [0.1, 0.15) is 23.2 Å². The van der Waals surface area contributed by atoms with E-state index in [1.807, 2.05) is 4.90 Å². The van der Waals surface area contributed by atoms with Gasteiger partial charge in [0.05, 0.1) is 31.9 Å². The van der Waals surface area contributed by atoms with Gasteiger partial charge in [-0.3, -0.25) is 14.2 Å². The predicted octanol–water partition coefficient (Wildman–Crippen LogP) is 1.07. The van der Waals surface area contributed by atoms with Crippen molar-refractivity contribution in [3.63, 3.8) is 0 Å². The van der Waals surface area contributed by atoms with E-state index in [2.05, 4.69) is 9.97 Å². The highest BCUT2D eigenvalue weighted by atomic mass is 19.4. The minimum Gasteiger partial charge on any atom is -0.395 e. The SMILES string of the molecule is CN(CCO)c1ccc(C(=O)CN2c3nc(N4C[C@H]5C[C@H]4CO5)cc(=O)n3CC[C@H]2C(F)(F)F)cn1. The second-order valence-electron chi connectivity index (χ2n) is 9.35. The molecule has 3 aliphatic heterocycles. The number of hydrogen-bond acceptors (Lipinski definition) is 9. The Morgan fingerprint density at radius 1 is 1.33 bits per heavy atom. The van der Waals surface area contributed by atoms with Crippen LogP contribution in [0.2, 0.25) is 0 Å². The zero-order chi connectivity index (χ0) is 25.6. The van der Waals surface area contributed by atoms with Crippen LogP contribution in [-0.4, -0.2) is 89.7 Å². The molecule has 0 aliphatic carbocycles. The third-order valence-electron chi connectivity index (χ3n) is 7.02. The number of hydrogen-bond donors (Lipinski definition) is 1. The van der Waals surface area contributed by atoms with Crippen molar-refractivity contribution < 1.29 is 27.8 Å². The molecule has 0 saturated carbocycles. The number of morpholine rings is 1. The van der Waals surface area contributed by atoms with E-state index in [9.17, 15) is 22.8 Å². The summed E-state index contributed by atoms with van der Waals surface area (Å²) in [4.78, 5) is 39.1. The van der Waals surface area contributed by atoms with Gasteiger partial charge < -0.3 is 24.5 Å². The van der Waals surface area contributed by atoms with E-state index in [-0.39, 0.29) is 43.2 Å². The smallest absolute Gasteiger partial charge is 0.395 e. The lowest BCUT2D eigenvalue weighted by atomic mass is 10.1. The molecule has 2 saturated heterocycles. The highest BCUT2D eigenvalue weighted by Gasteiger charge is 2.48. The van der Waals surface area contributed by atoms with E-state index < -0.39 is 30.1 Å². The Hall–Kier alpha value is -3.19. The third kappa shape index (κ3) is 4.52. The number of anilines is 3. The first kappa shape index (κ1) is 24.5. The van der Waals surface area contributed by atoms with Crippen molar-refractivity contribution in [3.05, 3.63) is 40.3 Å². The van der Waals surface area contributed by atoms with Gasteiger partial charge in [-0.2, -0.15) is 18.2 Å². The first-order chi connectivity index (χ1) is 17.2. The van der Waals surface area contributed by atoms with Crippen molar-refractivity contribution in [3.8, 4) is 0 Å². The highest BCUT2D eigenvalue weighted by Crippen LogP contribution is 2.36. The summed E-state index contributed by atoms with van der Waals surface area (Å²) in [5.41, 5.74) is -0.309. The molecule has 0 aromatic carbocycles. The first-order valence-electron chi connectivity index (χ1n) is 11.8. The Kier molecular flexibility index (Phi) is 6.37. The molecule has 1 N–H and O–H groups in total. The molecule has 2 aromatic heterocycles. The van der Waals surface area contributed by atoms with Gasteiger partial charge in [-0.05, 0) is 25.0 Å². The van der Waals surface area contributed by atoms with Gasteiger partial charge in [-0.15, -0.1) is 0 Å². The molecule has 2 bridgehead atoms. The summed E-state index contributed by atoms with van der Waals surface area (Å²) in [5, 5.41) is 9.07. The van der Waals surface area contributed by atoms with Crippen LogP contribution < -0.4 is 20.3 Å². The minimum atomic E-state index is -4.62. The number of rotatable bonds is 7. The van der Waals surface area contributed by atoms with E-state index in [4.69, 9.17) is 9.84 Å². The average Bonchev–Trinajstić information content (AvgIpc) is 3.48. The number of pyridine rings is 1. The van der Waals surface area contributed by atoms with Crippen LogP contribution in [0.4, 0.5) is 30.8 Å². The van der Waals surface area contributed by atoms with Gasteiger partial charge >= 0.3 is 6.18 Å². The van der Waals surface area contributed by atoms with Gasteiger partial charge in [0.25, 0.3) is 5.56 Å². The maximum atomic E-state index is 14.0. The number of fused-ring (bicyclic) bond motifs is 3. The summed E-state index contributed by atoms with van der Waals surface area (Å²) in [7, 11) is 1.72. The minimum absolute atomic E-state index is 0.0167. The standard InChI is InChI=1S/C23H27F3N6O4/c1-29(6-7-33)19-3-2-14(10-27-19)17(34)12-32-18(23(24,25)26)4-5-30-21(35)9-20(28-22(30)32)31-11-16-8-15(31)13-36-16/h2-3,9-10,15-16,18,33H,4-8,11-13H2,1H3/t15-,16+,18-/m0/s1. The van der Waals surface area contributed by atoms with Gasteiger partial charge in [-0.25, -0.2) is 4.98 Å². The molecule has 2 aromatic rings. The fourth-order valence-corrected chi connectivity index (χ4v) is 5.09. The van der Waals surface area contributed by atoms with E-state index in [1.54, 1.807) is 18.0 Å². The quantitative estimate of drug-likeness (QED) is 0.550. The van der Waals surface area contributed by atoms with Crippen molar-refractivity contribution in [2.45, 2.75) is 43.8 Å². The molecule has 0 spiro atoms. The molecule has 5 heterocycles. The summed E-state index contributed by atoms with van der Waals surface area (Å²) in [6.07, 6.45) is -2.88. The van der Waals surface area contributed by atoms with Crippen LogP contribution in [0.3, 0.4) is 0 Å². The van der Waals surface area contributed by atoms with Gasteiger partial charge in [0.15, 0.2) is 5.78 Å². The van der Waals surface area contributed by atoms with Crippen LogP contribution in [0.15, 0.2) is 29.2 Å². The number of nitrogens with zero attached hydrogens (tertiary/aromatic N) is 6. The van der Waals surface area contributed by atoms with Crippen LogP contribution >= 0.6 is 0 Å². The Morgan fingerprint density at radius 2 is 2.14 bits per heavy atom. The lowest BCUT2D eigenvalue weighted by Gasteiger charge is -2.39. The maximum Gasteiger partial charge on any atom is 0.408 e. The second-order valence-corrected chi connectivity index (χ2v) is 9.35. The number of Topliss-reactive ketones (excluding diaryl/α,β-unsaturated/α-hetero) is 1. The number of aliphatic hydroxyl groups is 1. The molecule has 3 aliphatic rings. The number of aromatic nitrogens is 3. The lowest BCUT2D eigenvalue weighted by molar-refractivity contribution is -0.152. The number of alkyl halides is 3. The number of ether oxygens (including phenoxy) is 1. The summed E-state index contributed by atoms with van der Waals surface area (Å²) < 4.78 is 48.9. The van der Waals surface area contributed by atoms with Crippen LogP contribution in [0.25, 0.3) is 0 Å². The molecular formula is C23H27F3N6O4. The molecule has 2 fully saturated rings. The van der Waals surface area contributed by atoms with Gasteiger partial charge in [0.2, 0.25) is 5.95 Å². The van der Waals surface area contributed by atoms with Crippen molar-refractivity contribution in [2.24, 2.45) is 0 Å². The van der Waals surface area contributed by atoms with Gasteiger partial charge in [0, 0.05) is 44.5 Å². The van der Waals surface area contributed by atoms with Gasteiger partial charge in [0.1, 0.15) is 17.7 Å². The van der Waals surface area contributed by atoms with Gasteiger partial charge in [-0.1, -0.05) is 0 Å². The number of ketones is 1. The third-order valence-corrected chi connectivity index (χ3v) is 7.02. The molecule has 0 amide bonds. The Bertz CT molecular complexity index is 1190. The van der Waals surface area contributed by atoms with Crippen molar-refractivity contribution in [2.75, 3.05) is 54.6 Å². The molecule has 0 unspecified atom stereocenters. The lowest BCUT2D eigenvalue weighted by Crippen LogP contribution is -2.54. The first-order valence-corrected chi connectivity index (χ1v) is 11.8. The van der Waals surface area contributed by atoms with E-state index in [0.29, 0.717) is 31.3 Å². The number of carbonyl (C=O) groups is 1. The normalized spacial score (nSPS) is 23.2. The Morgan fingerprint density at radius 3 is 2.75 bits per heavy atom.